The zero-order valence-corrected chi connectivity index (χ0v) is 13.7. The summed E-state index contributed by atoms with van der Waals surface area (Å²) in [7, 11) is 0. The van der Waals surface area contributed by atoms with Crippen molar-refractivity contribution in [2.24, 2.45) is 0 Å². The number of fused-ring (bicyclic) bond motifs is 1. The molecule has 2 aromatic carbocycles. The van der Waals surface area contributed by atoms with Gasteiger partial charge >= 0.3 is 0 Å². The second-order valence-corrected chi connectivity index (χ2v) is 6.68. The molecule has 0 atom stereocenters. The van der Waals surface area contributed by atoms with E-state index in [-0.39, 0.29) is 5.91 Å². The lowest BCUT2D eigenvalue weighted by Crippen LogP contribution is -2.14. The van der Waals surface area contributed by atoms with Gasteiger partial charge in [0.2, 0.25) is 5.91 Å². The largest absolute Gasteiger partial charge is 0.325 e. The summed E-state index contributed by atoms with van der Waals surface area (Å²) in [6, 6.07) is 15.8. The molecule has 0 bridgehead atoms. The van der Waals surface area contributed by atoms with Crippen LogP contribution in [0.3, 0.4) is 0 Å². The molecule has 0 unspecified atom stereocenters. The topological polar surface area (TPSA) is 52.9 Å². The minimum absolute atomic E-state index is 0.0179. The van der Waals surface area contributed by atoms with Gasteiger partial charge in [-0.1, -0.05) is 18.2 Å². The van der Waals surface area contributed by atoms with Gasteiger partial charge in [-0.2, -0.15) is 5.26 Å². The minimum Gasteiger partial charge on any atom is -0.325 e. The van der Waals surface area contributed by atoms with Crippen molar-refractivity contribution in [1.82, 2.24) is 0 Å². The number of carbonyl (C=O) groups excluding carboxylic acids is 1. The number of rotatable bonds is 5. The van der Waals surface area contributed by atoms with Crippen LogP contribution in [0.5, 0.6) is 0 Å². The molecule has 3 rings (SSSR count). The zero-order valence-electron chi connectivity index (χ0n) is 12.8. The van der Waals surface area contributed by atoms with Crippen LogP contribution in [0.25, 0.3) is 0 Å². The Morgan fingerprint density at radius 3 is 2.91 bits per heavy atom. The standard InChI is InChI=1S/C19H18N2OS/c20-11-14-3-1-4-15(9-14)12-23-13-19(22)21-18-8-7-16-5-2-6-17(16)10-18/h1,3-4,7-10H,2,5-6,12-13H2,(H,21,22). The molecule has 0 aliphatic heterocycles. The van der Waals surface area contributed by atoms with Crippen LogP contribution >= 0.6 is 11.8 Å². The van der Waals surface area contributed by atoms with Crippen molar-refractivity contribution < 1.29 is 4.79 Å². The molecular formula is C19H18N2OS. The molecule has 0 saturated carbocycles. The number of hydrogen-bond donors (Lipinski definition) is 1. The second kappa shape index (κ2) is 7.34. The summed E-state index contributed by atoms with van der Waals surface area (Å²) in [4.78, 5) is 12.0. The summed E-state index contributed by atoms with van der Waals surface area (Å²) < 4.78 is 0. The van der Waals surface area contributed by atoms with Crippen LogP contribution < -0.4 is 5.32 Å². The van der Waals surface area contributed by atoms with Crippen LogP contribution in [0.15, 0.2) is 42.5 Å². The normalized spacial score (nSPS) is 12.5. The van der Waals surface area contributed by atoms with Crippen LogP contribution in [0.2, 0.25) is 0 Å². The Hall–Kier alpha value is -2.25. The number of anilines is 1. The van der Waals surface area contributed by atoms with Gasteiger partial charge in [0.25, 0.3) is 0 Å². The van der Waals surface area contributed by atoms with E-state index in [2.05, 4.69) is 23.5 Å². The molecule has 0 fully saturated rings. The molecule has 1 N–H and O–H groups in total. The first-order valence-corrected chi connectivity index (χ1v) is 8.88. The Balaban J connectivity index is 1.49. The van der Waals surface area contributed by atoms with Gasteiger partial charge in [0.1, 0.15) is 0 Å². The number of nitrogens with one attached hydrogen (secondary N) is 1. The van der Waals surface area contributed by atoms with Crippen LogP contribution in [-0.4, -0.2) is 11.7 Å². The van der Waals surface area contributed by atoms with Crippen LogP contribution in [-0.2, 0) is 23.4 Å². The Kier molecular flexibility index (Phi) is 4.99. The van der Waals surface area contributed by atoms with E-state index in [1.165, 1.54) is 17.5 Å². The average molecular weight is 322 g/mol. The van der Waals surface area contributed by atoms with Crippen molar-refractivity contribution >= 4 is 23.4 Å². The van der Waals surface area contributed by atoms with E-state index in [4.69, 9.17) is 5.26 Å². The third kappa shape index (κ3) is 4.14. The van der Waals surface area contributed by atoms with Gasteiger partial charge in [0, 0.05) is 11.4 Å². The Morgan fingerprint density at radius 2 is 2.04 bits per heavy atom. The molecule has 4 heteroatoms. The summed E-state index contributed by atoms with van der Waals surface area (Å²) >= 11 is 1.56. The molecule has 3 nitrogen and oxygen atoms in total. The van der Waals surface area contributed by atoms with E-state index in [0.717, 1.165) is 29.8 Å². The lowest BCUT2D eigenvalue weighted by molar-refractivity contribution is -0.113. The van der Waals surface area contributed by atoms with Gasteiger partial charge in [0.15, 0.2) is 0 Å². The second-order valence-electron chi connectivity index (χ2n) is 5.69. The first-order valence-electron chi connectivity index (χ1n) is 7.73. The third-order valence-electron chi connectivity index (χ3n) is 3.94. The maximum atomic E-state index is 12.0. The third-order valence-corrected chi connectivity index (χ3v) is 4.94. The average Bonchev–Trinajstić information content (AvgIpc) is 3.02. The SMILES string of the molecule is N#Cc1cccc(CSCC(=O)Nc2ccc3c(c2)CCC3)c1. The van der Waals surface area contributed by atoms with Crippen molar-refractivity contribution in [3.8, 4) is 6.07 Å². The number of aryl methyl sites for hydroxylation is 2. The predicted octanol–water partition coefficient (Wildman–Crippen LogP) is 3.92. The zero-order chi connectivity index (χ0) is 16.1. The van der Waals surface area contributed by atoms with E-state index in [1.54, 1.807) is 17.8 Å². The smallest absolute Gasteiger partial charge is 0.234 e. The number of amides is 1. The fraction of sp³-hybridized carbons (Fsp3) is 0.263. The molecule has 0 radical (unpaired) electrons. The highest BCUT2D eigenvalue weighted by molar-refractivity contribution is 7.99. The van der Waals surface area contributed by atoms with E-state index >= 15 is 0 Å². The molecule has 2 aromatic rings. The van der Waals surface area contributed by atoms with E-state index in [1.807, 2.05) is 24.3 Å². The number of nitriles is 1. The van der Waals surface area contributed by atoms with Crippen molar-refractivity contribution in [2.45, 2.75) is 25.0 Å². The Morgan fingerprint density at radius 1 is 1.17 bits per heavy atom. The Labute approximate surface area is 140 Å². The number of thioether (sulfide) groups is 1. The molecule has 0 saturated heterocycles. The fourth-order valence-electron chi connectivity index (χ4n) is 2.84. The first kappa shape index (κ1) is 15.6. The van der Waals surface area contributed by atoms with Crippen molar-refractivity contribution in [3.63, 3.8) is 0 Å². The number of benzene rings is 2. The van der Waals surface area contributed by atoms with E-state index < -0.39 is 0 Å². The molecular weight excluding hydrogens is 304 g/mol. The molecule has 0 heterocycles. The maximum Gasteiger partial charge on any atom is 0.234 e. The summed E-state index contributed by atoms with van der Waals surface area (Å²) in [5, 5.41) is 11.9. The lowest BCUT2D eigenvalue weighted by atomic mass is 10.1. The molecule has 0 spiro atoms. The van der Waals surface area contributed by atoms with Crippen molar-refractivity contribution in [2.75, 3.05) is 11.1 Å². The number of carbonyl (C=O) groups is 1. The minimum atomic E-state index is 0.0179. The van der Waals surface area contributed by atoms with E-state index in [0.29, 0.717) is 11.3 Å². The van der Waals surface area contributed by atoms with Gasteiger partial charge in [-0.05, 0) is 60.2 Å². The van der Waals surface area contributed by atoms with Crippen LogP contribution in [0, 0.1) is 11.3 Å². The summed E-state index contributed by atoms with van der Waals surface area (Å²) in [6.45, 7) is 0. The van der Waals surface area contributed by atoms with Gasteiger partial charge in [-0.15, -0.1) is 11.8 Å². The first-order chi connectivity index (χ1) is 11.2. The van der Waals surface area contributed by atoms with Crippen molar-refractivity contribution in [1.29, 1.82) is 5.26 Å². The molecule has 1 aliphatic rings. The van der Waals surface area contributed by atoms with Crippen LogP contribution in [0.1, 0.15) is 28.7 Å². The highest BCUT2D eigenvalue weighted by Gasteiger charge is 2.11. The highest BCUT2D eigenvalue weighted by atomic mass is 32.2. The fourth-order valence-corrected chi connectivity index (χ4v) is 3.61. The lowest BCUT2D eigenvalue weighted by Gasteiger charge is -2.07. The number of nitrogens with zero attached hydrogens (tertiary/aromatic N) is 1. The Bertz CT molecular complexity index is 764. The molecule has 116 valence electrons. The van der Waals surface area contributed by atoms with Gasteiger partial charge < -0.3 is 5.32 Å². The van der Waals surface area contributed by atoms with Crippen molar-refractivity contribution in [3.05, 3.63) is 64.7 Å². The number of hydrogen-bond acceptors (Lipinski definition) is 3. The van der Waals surface area contributed by atoms with Gasteiger partial charge in [-0.3, -0.25) is 4.79 Å². The molecule has 23 heavy (non-hydrogen) atoms. The summed E-state index contributed by atoms with van der Waals surface area (Å²) in [5.41, 5.74) is 5.39. The summed E-state index contributed by atoms with van der Waals surface area (Å²) in [5.74, 6) is 1.16. The monoisotopic (exact) mass is 322 g/mol. The predicted molar refractivity (Wildman–Crippen MR) is 94.4 cm³/mol. The van der Waals surface area contributed by atoms with Crippen LogP contribution in [0.4, 0.5) is 5.69 Å². The maximum absolute atomic E-state index is 12.0. The van der Waals surface area contributed by atoms with E-state index in [9.17, 15) is 4.79 Å². The highest BCUT2D eigenvalue weighted by Crippen LogP contribution is 2.25. The molecule has 0 aromatic heterocycles. The van der Waals surface area contributed by atoms with Gasteiger partial charge in [0.05, 0.1) is 17.4 Å². The molecule has 1 amide bonds. The van der Waals surface area contributed by atoms with Gasteiger partial charge in [-0.25, -0.2) is 0 Å². The molecule has 1 aliphatic carbocycles. The quantitative estimate of drug-likeness (QED) is 0.908. The summed E-state index contributed by atoms with van der Waals surface area (Å²) in [6.07, 6.45) is 3.48.